The number of thiophene rings is 1. The van der Waals surface area contributed by atoms with Crippen LogP contribution in [0.3, 0.4) is 0 Å². The molecule has 3 fully saturated rings. The van der Waals surface area contributed by atoms with Crippen molar-refractivity contribution in [3.63, 3.8) is 0 Å². The molecule has 3 saturated heterocycles. The number of carbonyl (C=O) groups is 3. The van der Waals surface area contributed by atoms with E-state index in [1.807, 2.05) is 26.1 Å². The number of carbonyl (C=O) groups excluding carboxylic acids is 3. The van der Waals surface area contributed by atoms with E-state index in [2.05, 4.69) is 21.5 Å². The number of nitrogen functional groups attached to an aromatic ring is 1. The van der Waals surface area contributed by atoms with Crippen molar-refractivity contribution in [1.29, 1.82) is 0 Å². The topological polar surface area (TPSA) is 102 Å². The van der Waals surface area contributed by atoms with Crippen molar-refractivity contribution < 1.29 is 14.4 Å². The van der Waals surface area contributed by atoms with E-state index in [-0.39, 0.29) is 30.3 Å². The van der Waals surface area contributed by atoms with Gasteiger partial charge >= 0.3 is 6.03 Å². The van der Waals surface area contributed by atoms with Crippen molar-refractivity contribution >= 4 is 52.2 Å². The number of hydrogen-bond acceptors (Lipinski definition) is 6. The van der Waals surface area contributed by atoms with Crippen molar-refractivity contribution in [2.24, 2.45) is 5.92 Å². The molecular weight excluding hydrogens is 620 g/mol. The summed E-state index contributed by atoms with van der Waals surface area (Å²) >= 11 is 8.02. The van der Waals surface area contributed by atoms with Gasteiger partial charge in [-0.25, -0.2) is 4.79 Å². The zero-order valence-corrected chi connectivity index (χ0v) is 28.1. The molecule has 0 bridgehead atoms. The Morgan fingerprint density at radius 1 is 0.978 bits per heavy atom. The van der Waals surface area contributed by atoms with Crippen LogP contribution < -0.4 is 11.1 Å². The largest absolute Gasteiger partial charge is 0.397 e. The van der Waals surface area contributed by atoms with E-state index in [0.717, 1.165) is 43.6 Å². The number of anilines is 2. The Morgan fingerprint density at radius 2 is 1.67 bits per heavy atom. The number of fused-ring (bicyclic) bond motifs is 1. The molecule has 4 amide bonds. The monoisotopic (exact) mass is 664 g/mol. The summed E-state index contributed by atoms with van der Waals surface area (Å²) in [6.45, 7) is 5.51. The van der Waals surface area contributed by atoms with Gasteiger partial charge in [-0.3, -0.25) is 9.59 Å². The van der Waals surface area contributed by atoms with E-state index >= 15 is 0 Å². The summed E-state index contributed by atoms with van der Waals surface area (Å²) in [5.74, 6) is 2.06. The van der Waals surface area contributed by atoms with Crippen LogP contribution in [0.1, 0.15) is 68.1 Å². The van der Waals surface area contributed by atoms with Crippen LogP contribution in [0.2, 0.25) is 5.02 Å². The van der Waals surface area contributed by atoms with Gasteiger partial charge in [-0.15, -0.1) is 17.8 Å². The molecular formula is C35H45ClN6O3S. The number of piperidine rings is 3. The fourth-order valence-corrected chi connectivity index (χ4v) is 8.77. The van der Waals surface area contributed by atoms with Crippen molar-refractivity contribution in [3.8, 4) is 12.3 Å². The number of nitrogens with zero attached hydrogens (tertiary/aromatic N) is 4. The fourth-order valence-electron chi connectivity index (χ4n) is 7.71. The second kappa shape index (κ2) is 14.7. The minimum absolute atomic E-state index is 0.0177. The number of halogens is 1. The lowest BCUT2D eigenvalue weighted by Crippen LogP contribution is -2.51. The van der Waals surface area contributed by atoms with Gasteiger partial charge in [-0.05, 0) is 93.1 Å². The van der Waals surface area contributed by atoms with E-state index in [0.29, 0.717) is 74.3 Å². The van der Waals surface area contributed by atoms with Crippen LogP contribution in [0.5, 0.6) is 0 Å². The molecule has 1 atom stereocenters. The number of nitrogens with two attached hydrogens (primary N) is 1. The van der Waals surface area contributed by atoms with Crippen LogP contribution >= 0.6 is 22.9 Å². The molecule has 1 aromatic heterocycles. The second-order valence-corrected chi connectivity index (χ2v) is 14.4. The third-order valence-electron chi connectivity index (χ3n) is 10.4. The Balaban J connectivity index is 1.10. The first kappa shape index (κ1) is 32.7. The predicted molar refractivity (Wildman–Crippen MR) is 184 cm³/mol. The van der Waals surface area contributed by atoms with E-state index < -0.39 is 5.92 Å². The molecule has 4 aliphatic rings. The zero-order chi connectivity index (χ0) is 32.2. The number of benzene rings is 1. The van der Waals surface area contributed by atoms with Crippen molar-refractivity contribution in [3.05, 3.63) is 44.6 Å². The van der Waals surface area contributed by atoms with E-state index in [4.69, 9.17) is 23.8 Å². The number of rotatable bonds is 7. The molecule has 246 valence electrons. The van der Waals surface area contributed by atoms with Gasteiger partial charge in [0.15, 0.2) is 0 Å². The summed E-state index contributed by atoms with van der Waals surface area (Å²) in [7, 11) is 0. The van der Waals surface area contributed by atoms with Crippen LogP contribution in [0.25, 0.3) is 0 Å². The number of nitrogens with one attached hydrogen (secondary N) is 1. The first-order chi connectivity index (χ1) is 22.3. The molecule has 5 heterocycles. The van der Waals surface area contributed by atoms with Crippen molar-refractivity contribution in [1.82, 2.24) is 19.6 Å². The summed E-state index contributed by atoms with van der Waals surface area (Å²) in [5, 5.41) is 7.50. The molecule has 6 rings (SSSR count). The second-order valence-electron chi connectivity index (χ2n) is 13.2. The lowest BCUT2D eigenvalue weighted by molar-refractivity contribution is -0.143. The van der Waals surface area contributed by atoms with Gasteiger partial charge in [0.1, 0.15) is 0 Å². The highest BCUT2D eigenvalue weighted by atomic mass is 35.5. The van der Waals surface area contributed by atoms with Gasteiger partial charge in [0.25, 0.3) is 0 Å². The molecule has 11 heteroatoms. The quantitative estimate of drug-likeness (QED) is 0.318. The zero-order valence-electron chi connectivity index (χ0n) is 26.5. The lowest BCUT2D eigenvalue weighted by atomic mass is 9.91. The molecule has 0 spiro atoms. The minimum Gasteiger partial charge on any atom is -0.397 e. The smallest absolute Gasteiger partial charge is 0.322 e. The summed E-state index contributed by atoms with van der Waals surface area (Å²) in [4.78, 5) is 49.2. The summed E-state index contributed by atoms with van der Waals surface area (Å²) in [6.07, 6.45) is 14.2. The Morgan fingerprint density at radius 3 is 2.39 bits per heavy atom. The Kier molecular flexibility index (Phi) is 10.4. The maximum Gasteiger partial charge on any atom is 0.322 e. The maximum atomic E-state index is 14.1. The number of likely N-dealkylation sites (tertiary alicyclic amines) is 3. The third kappa shape index (κ3) is 7.32. The van der Waals surface area contributed by atoms with Gasteiger partial charge in [0.05, 0.1) is 22.3 Å². The van der Waals surface area contributed by atoms with Crippen LogP contribution in [0.4, 0.5) is 16.2 Å². The van der Waals surface area contributed by atoms with E-state index in [1.54, 1.807) is 17.4 Å². The molecule has 1 aromatic carbocycles. The van der Waals surface area contributed by atoms with Gasteiger partial charge in [0.2, 0.25) is 11.8 Å². The van der Waals surface area contributed by atoms with Gasteiger partial charge in [-0.2, -0.15) is 0 Å². The third-order valence-corrected chi connectivity index (χ3v) is 11.5. The fraction of sp³-hybridized carbons (Fsp3) is 0.571. The molecule has 2 aromatic rings. The average Bonchev–Trinajstić information content (AvgIpc) is 3.46. The van der Waals surface area contributed by atoms with E-state index in [9.17, 15) is 14.4 Å². The number of amides is 4. The normalized spacial score (nSPS) is 20.9. The van der Waals surface area contributed by atoms with Gasteiger partial charge in [0, 0.05) is 62.2 Å². The van der Waals surface area contributed by atoms with Crippen molar-refractivity contribution in [2.75, 3.05) is 56.9 Å². The predicted octanol–water partition coefficient (Wildman–Crippen LogP) is 5.07. The molecule has 0 saturated carbocycles. The van der Waals surface area contributed by atoms with Gasteiger partial charge < -0.3 is 30.7 Å². The molecule has 0 aliphatic carbocycles. The first-order valence-electron chi connectivity index (χ1n) is 16.8. The number of urea groups is 1. The van der Waals surface area contributed by atoms with Crippen molar-refractivity contribution in [2.45, 2.75) is 76.3 Å². The highest BCUT2D eigenvalue weighted by Gasteiger charge is 2.35. The molecule has 3 N–H and O–H groups in total. The standard InChI is InChI=1S/C35H45ClN6O3S/c1-2-25-18-24(20-30(36)33(25)37)19-27(34(44)41-15-7-28(8-16-41)39-11-4-3-5-12-39)21-32(43)40-13-9-29(10-14-40)42-17-6-26-22-46-23-31(26)38-35(42)45/h1,18,20,22-23,27-29H,3-17,19,21,37H2,(H,38,45)/t27-/m0/s1. The molecule has 0 unspecified atom stereocenters. The van der Waals surface area contributed by atoms with Crippen LogP contribution in [0, 0.1) is 18.3 Å². The molecule has 9 nitrogen and oxygen atoms in total. The maximum absolute atomic E-state index is 14.1. The van der Waals surface area contributed by atoms with Crippen LogP contribution in [0.15, 0.2) is 22.9 Å². The summed E-state index contributed by atoms with van der Waals surface area (Å²) in [6, 6.07) is 4.12. The Labute approximate surface area is 281 Å². The molecule has 4 aliphatic heterocycles. The molecule has 46 heavy (non-hydrogen) atoms. The van der Waals surface area contributed by atoms with E-state index in [1.165, 1.54) is 24.8 Å². The van der Waals surface area contributed by atoms with Crippen LogP contribution in [-0.4, -0.2) is 95.3 Å². The highest BCUT2D eigenvalue weighted by molar-refractivity contribution is 7.08. The Hall–Kier alpha value is -3.26. The van der Waals surface area contributed by atoms with Gasteiger partial charge in [-0.1, -0.05) is 23.9 Å². The van der Waals surface area contributed by atoms with Crippen LogP contribution in [-0.2, 0) is 22.4 Å². The molecule has 0 radical (unpaired) electrons. The lowest BCUT2D eigenvalue weighted by Gasteiger charge is -2.41. The highest BCUT2D eigenvalue weighted by Crippen LogP contribution is 2.30. The summed E-state index contributed by atoms with van der Waals surface area (Å²) < 4.78 is 0. The minimum atomic E-state index is -0.530. The summed E-state index contributed by atoms with van der Waals surface area (Å²) in [5.41, 5.74) is 9.82. The SMILES string of the molecule is C#Cc1cc(C[C@@H](CC(=O)N2CCC(N3CCc4cscc4NC3=O)CC2)C(=O)N2CCC(N3CCCCC3)CC2)cc(Cl)c1N. The first-order valence-corrected chi connectivity index (χ1v) is 18.1. The Bertz CT molecular complexity index is 1470. The number of hydrogen-bond donors (Lipinski definition) is 2. The number of terminal acetylenes is 1. The average molecular weight is 665 g/mol.